The van der Waals surface area contributed by atoms with Gasteiger partial charge in [0.25, 0.3) is 0 Å². The van der Waals surface area contributed by atoms with Crippen molar-refractivity contribution in [3.05, 3.63) is 24.3 Å². The van der Waals surface area contributed by atoms with Crippen molar-refractivity contribution in [2.45, 2.75) is 12.5 Å². The lowest BCUT2D eigenvalue weighted by atomic mass is 10.3. The minimum Gasteiger partial charge on any atom is -0.504 e. The van der Waals surface area contributed by atoms with Gasteiger partial charge in [0.2, 0.25) is 0 Å². The number of aromatic hydroxyl groups is 1. The topological polar surface area (TPSA) is 76.0 Å². The molecule has 1 aromatic rings. The Kier molecular flexibility index (Phi) is 6.06. The Morgan fingerprint density at radius 1 is 1.29 bits per heavy atom. The smallest absolute Gasteiger partial charge is 0.161 e. The highest BCUT2D eigenvalue weighted by Gasteiger charge is 2.07. The number of hydrogen-bond donors (Lipinski definition) is 2. The quantitative estimate of drug-likeness (QED) is 0.517. The normalized spacial score (nSPS) is 12.1. The van der Waals surface area contributed by atoms with Crippen molar-refractivity contribution in [2.24, 2.45) is 0 Å². The fourth-order valence-electron chi connectivity index (χ4n) is 1.16. The maximum Gasteiger partial charge on any atom is 0.161 e. The Balaban J connectivity index is 2.21. The first kappa shape index (κ1) is 13.5. The average Bonchev–Trinajstić information content (AvgIpc) is 2.34. The number of aliphatic hydroxyl groups excluding tert-OH is 1. The van der Waals surface area contributed by atoms with Gasteiger partial charge in [0.05, 0.1) is 13.2 Å². The molecule has 0 aliphatic heterocycles. The third-order valence-electron chi connectivity index (χ3n) is 1.99. The average molecular weight is 240 g/mol. The standard InChI is InChI=1S/C12H16O5/c13-6-3-7-16-8-10(14)9-17-12-5-2-1-4-11(12)15/h1-2,4-6,10,14-15H,3,7-9H2. The minimum atomic E-state index is -0.791. The fourth-order valence-corrected chi connectivity index (χ4v) is 1.16. The number of carbonyl (C=O) groups excluding carboxylic acids is 1. The molecule has 0 aromatic heterocycles. The predicted octanol–water partition coefficient (Wildman–Crippen LogP) is 0.737. The summed E-state index contributed by atoms with van der Waals surface area (Å²) in [5.74, 6) is 0.348. The van der Waals surface area contributed by atoms with Crippen LogP contribution in [0.3, 0.4) is 0 Å². The van der Waals surface area contributed by atoms with E-state index in [-0.39, 0.29) is 25.6 Å². The zero-order valence-corrected chi connectivity index (χ0v) is 9.41. The van der Waals surface area contributed by atoms with Crippen LogP contribution in [-0.4, -0.2) is 42.4 Å². The molecule has 0 saturated carbocycles. The van der Waals surface area contributed by atoms with Crippen molar-refractivity contribution in [1.82, 2.24) is 0 Å². The molecule has 2 N–H and O–H groups in total. The van der Waals surface area contributed by atoms with E-state index in [0.717, 1.165) is 6.29 Å². The summed E-state index contributed by atoms with van der Waals surface area (Å²) in [5.41, 5.74) is 0. The van der Waals surface area contributed by atoms with Crippen LogP contribution in [0.25, 0.3) is 0 Å². The Morgan fingerprint density at radius 2 is 2.06 bits per heavy atom. The molecular formula is C12H16O5. The maximum atomic E-state index is 10.0. The number of phenols is 1. The van der Waals surface area contributed by atoms with Crippen molar-refractivity contribution in [1.29, 1.82) is 0 Å². The second-order valence-electron chi connectivity index (χ2n) is 3.46. The van der Waals surface area contributed by atoms with Gasteiger partial charge in [-0.15, -0.1) is 0 Å². The van der Waals surface area contributed by atoms with Crippen LogP contribution in [0.1, 0.15) is 6.42 Å². The summed E-state index contributed by atoms with van der Waals surface area (Å²) in [5, 5.41) is 18.9. The fraction of sp³-hybridized carbons (Fsp3) is 0.417. The Labute approximate surface area is 99.6 Å². The van der Waals surface area contributed by atoms with E-state index in [2.05, 4.69) is 0 Å². The minimum absolute atomic E-state index is 0.0265. The second kappa shape index (κ2) is 7.65. The number of phenolic OH excluding ortho intramolecular Hbond substituents is 1. The van der Waals surface area contributed by atoms with Gasteiger partial charge in [-0.05, 0) is 12.1 Å². The van der Waals surface area contributed by atoms with Crippen molar-refractivity contribution in [3.63, 3.8) is 0 Å². The van der Waals surface area contributed by atoms with Crippen LogP contribution in [-0.2, 0) is 9.53 Å². The first-order valence-electron chi connectivity index (χ1n) is 5.34. The van der Waals surface area contributed by atoms with Gasteiger partial charge in [0.15, 0.2) is 11.5 Å². The van der Waals surface area contributed by atoms with Crippen molar-refractivity contribution >= 4 is 6.29 Å². The van der Waals surface area contributed by atoms with Gasteiger partial charge in [-0.25, -0.2) is 0 Å². The lowest BCUT2D eigenvalue weighted by molar-refractivity contribution is -0.109. The maximum absolute atomic E-state index is 10.0. The molecule has 1 aromatic carbocycles. The summed E-state index contributed by atoms with van der Waals surface area (Å²) in [6.45, 7) is 0.414. The molecule has 94 valence electrons. The summed E-state index contributed by atoms with van der Waals surface area (Å²) in [6, 6.07) is 6.51. The molecule has 1 atom stereocenters. The van der Waals surface area contributed by atoms with Crippen LogP contribution in [0.2, 0.25) is 0 Å². The van der Waals surface area contributed by atoms with Crippen molar-refractivity contribution in [3.8, 4) is 11.5 Å². The molecule has 17 heavy (non-hydrogen) atoms. The van der Waals surface area contributed by atoms with Crippen molar-refractivity contribution < 1.29 is 24.5 Å². The summed E-state index contributed by atoms with van der Waals surface area (Å²) < 4.78 is 10.2. The number of aliphatic hydroxyl groups is 1. The molecule has 0 radical (unpaired) electrons. The summed E-state index contributed by atoms with van der Waals surface area (Å²) in [6.07, 6.45) is 0.277. The molecule has 0 saturated heterocycles. The monoisotopic (exact) mass is 240 g/mol. The molecule has 1 rings (SSSR count). The lowest BCUT2D eigenvalue weighted by Crippen LogP contribution is -2.23. The van der Waals surface area contributed by atoms with E-state index in [1.54, 1.807) is 18.2 Å². The SMILES string of the molecule is O=CCCOCC(O)COc1ccccc1O. The van der Waals surface area contributed by atoms with Crippen LogP contribution >= 0.6 is 0 Å². The number of ether oxygens (including phenoxy) is 2. The van der Waals surface area contributed by atoms with E-state index < -0.39 is 6.10 Å². The summed E-state index contributed by atoms with van der Waals surface area (Å²) in [4.78, 5) is 10.0. The predicted molar refractivity (Wildman–Crippen MR) is 61.1 cm³/mol. The van der Waals surface area contributed by atoms with E-state index in [1.807, 2.05) is 0 Å². The first-order valence-corrected chi connectivity index (χ1v) is 5.34. The zero-order chi connectivity index (χ0) is 12.5. The van der Waals surface area contributed by atoms with E-state index in [9.17, 15) is 15.0 Å². The molecule has 1 unspecified atom stereocenters. The Hall–Kier alpha value is -1.59. The van der Waals surface area contributed by atoms with Gasteiger partial charge in [-0.3, -0.25) is 0 Å². The molecule has 0 aliphatic carbocycles. The number of benzene rings is 1. The zero-order valence-electron chi connectivity index (χ0n) is 9.41. The highest BCUT2D eigenvalue weighted by atomic mass is 16.5. The molecule has 5 nitrogen and oxygen atoms in total. The first-order chi connectivity index (χ1) is 8.24. The highest BCUT2D eigenvalue weighted by Crippen LogP contribution is 2.24. The number of aldehydes is 1. The van der Waals surface area contributed by atoms with Crippen LogP contribution in [0.5, 0.6) is 11.5 Å². The van der Waals surface area contributed by atoms with Gasteiger partial charge in [0, 0.05) is 6.42 Å². The van der Waals surface area contributed by atoms with E-state index >= 15 is 0 Å². The molecule has 5 heteroatoms. The summed E-state index contributed by atoms with van der Waals surface area (Å²) in [7, 11) is 0. The van der Waals surface area contributed by atoms with E-state index in [4.69, 9.17) is 9.47 Å². The highest BCUT2D eigenvalue weighted by molar-refractivity contribution is 5.49. The Morgan fingerprint density at radius 3 is 2.76 bits per heavy atom. The molecule has 0 spiro atoms. The van der Waals surface area contributed by atoms with Crippen LogP contribution in [0.4, 0.5) is 0 Å². The van der Waals surface area contributed by atoms with E-state index in [1.165, 1.54) is 6.07 Å². The third-order valence-corrected chi connectivity index (χ3v) is 1.99. The molecule has 0 amide bonds. The second-order valence-corrected chi connectivity index (χ2v) is 3.46. The van der Waals surface area contributed by atoms with Gasteiger partial charge >= 0.3 is 0 Å². The van der Waals surface area contributed by atoms with Crippen LogP contribution in [0.15, 0.2) is 24.3 Å². The molecule has 0 aliphatic rings. The number of rotatable bonds is 8. The van der Waals surface area contributed by atoms with Crippen LogP contribution < -0.4 is 4.74 Å². The number of carbonyl (C=O) groups is 1. The number of para-hydroxylation sites is 2. The van der Waals surface area contributed by atoms with E-state index in [0.29, 0.717) is 12.2 Å². The number of hydrogen-bond acceptors (Lipinski definition) is 5. The van der Waals surface area contributed by atoms with Crippen molar-refractivity contribution in [2.75, 3.05) is 19.8 Å². The largest absolute Gasteiger partial charge is 0.504 e. The van der Waals surface area contributed by atoms with Crippen LogP contribution in [0, 0.1) is 0 Å². The third kappa shape index (κ3) is 5.33. The van der Waals surface area contributed by atoms with Gasteiger partial charge in [-0.1, -0.05) is 12.1 Å². The van der Waals surface area contributed by atoms with Gasteiger partial charge in [-0.2, -0.15) is 0 Å². The molecule has 0 fully saturated rings. The Bertz CT molecular complexity index is 339. The lowest BCUT2D eigenvalue weighted by Gasteiger charge is -2.13. The van der Waals surface area contributed by atoms with Gasteiger partial charge in [0.1, 0.15) is 19.0 Å². The molecular weight excluding hydrogens is 224 g/mol. The molecule has 0 bridgehead atoms. The summed E-state index contributed by atoms with van der Waals surface area (Å²) >= 11 is 0. The van der Waals surface area contributed by atoms with Gasteiger partial charge < -0.3 is 24.5 Å². The molecule has 0 heterocycles.